The van der Waals surface area contributed by atoms with E-state index in [2.05, 4.69) is 15.7 Å². The highest BCUT2D eigenvalue weighted by atomic mass is 32.1. The summed E-state index contributed by atoms with van der Waals surface area (Å²) >= 11 is 1.68. The molecule has 1 N–H and O–H groups in total. The van der Waals surface area contributed by atoms with Gasteiger partial charge in [0.2, 0.25) is 0 Å². The second-order valence-electron chi connectivity index (χ2n) is 4.05. The molecule has 0 aromatic carbocycles. The molecule has 1 aromatic rings. The molecule has 2 rings (SSSR count). The third kappa shape index (κ3) is 3.07. The van der Waals surface area contributed by atoms with Crippen LogP contribution in [-0.2, 0) is 6.54 Å². The fourth-order valence-electron chi connectivity index (χ4n) is 2.06. The van der Waals surface area contributed by atoms with Crippen LogP contribution in [0.2, 0.25) is 0 Å². The monoisotopic (exact) mass is 210 g/mol. The number of hydrogen-bond donors (Lipinski definition) is 1. The van der Waals surface area contributed by atoms with Crippen LogP contribution < -0.4 is 5.32 Å². The number of aromatic nitrogens is 1. The Morgan fingerprint density at radius 1 is 1.29 bits per heavy atom. The molecule has 14 heavy (non-hydrogen) atoms. The molecule has 78 valence electrons. The van der Waals surface area contributed by atoms with E-state index in [1.807, 2.05) is 5.51 Å². The van der Waals surface area contributed by atoms with E-state index in [9.17, 15) is 0 Å². The van der Waals surface area contributed by atoms with Gasteiger partial charge < -0.3 is 5.32 Å². The van der Waals surface area contributed by atoms with Crippen LogP contribution in [0.4, 0.5) is 0 Å². The van der Waals surface area contributed by atoms with E-state index < -0.39 is 0 Å². The molecule has 0 amide bonds. The molecule has 0 bridgehead atoms. The number of hydrogen-bond acceptors (Lipinski definition) is 3. The van der Waals surface area contributed by atoms with Crippen LogP contribution in [0.5, 0.6) is 0 Å². The first kappa shape index (κ1) is 10.1. The Balaban J connectivity index is 1.73. The predicted octanol–water partition coefficient (Wildman–Crippen LogP) is 2.96. The molecule has 0 atom stereocenters. The molecule has 1 heterocycles. The van der Waals surface area contributed by atoms with E-state index in [-0.39, 0.29) is 0 Å². The molecule has 1 aliphatic carbocycles. The van der Waals surface area contributed by atoms with Crippen LogP contribution in [0.3, 0.4) is 0 Å². The van der Waals surface area contributed by atoms with Gasteiger partial charge in [0.15, 0.2) is 0 Å². The average Bonchev–Trinajstić information content (AvgIpc) is 2.58. The number of thiazole rings is 1. The molecule has 1 aromatic heterocycles. The molecule has 2 nitrogen and oxygen atoms in total. The summed E-state index contributed by atoms with van der Waals surface area (Å²) in [5, 5.41) is 5.74. The summed E-state index contributed by atoms with van der Waals surface area (Å²) in [5.74, 6) is 0. The van der Waals surface area contributed by atoms with E-state index in [0.29, 0.717) is 0 Å². The summed E-state index contributed by atoms with van der Waals surface area (Å²) < 4.78 is 0. The smallest absolute Gasteiger partial charge is 0.0795 e. The average molecular weight is 210 g/mol. The maximum absolute atomic E-state index is 4.28. The minimum atomic E-state index is 0.735. The van der Waals surface area contributed by atoms with Crippen molar-refractivity contribution in [3.8, 4) is 0 Å². The van der Waals surface area contributed by atoms with Crippen molar-refractivity contribution >= 4 is 11.3 Å². The summed E-state index contributed by atoms with van der Waals surface area (Å²) in [6.45, 7) is 0.953. The Bertz CT molecular complexity index is 238. The molecule has 1 saturated carbocycles. The molecular formula is C11H18N2S. The van der Waals surface area contributed by atoms with Gasteiger partial charge in [0.25, 0.3) is 0 Å². The first-order valence-corrected chi connectivity index (χ1v) is 6.50. The molecular weight excluding hydrogens is 192 g/mol. The first-order chi connectivity index (χ1) is 6.95. The quantitative estimate of drug-likeness (QED) is 0.776. The Kier molecular flexibility index (Phi) is 3.95. The van der Waals surface area contributed by atoms with E-state index in [1.54, 1.807) is 11.3 Å². The number of nitrogens with one attached hydrogen (secondary N) is 1. The van der Waals surface area contributed by atoms with Crippen molar-refractivity contribution in [3.05, 3.63) is 16.6 Å². The summed E-state index contributed by atoms with van der Waals surface area (Å²) in [4.78, 5) is 4.28. The van der Waals surface area contributed by atoms with Gasteiger partial charge in [-0.3, -0.25) is 0 Å². The fourth-order valence-corrected chi connectivity index (χ4v) is 2.62. The van der Waals surface area contributed by atoms with E-state index in [4.69, 9.17) is 0 Å². The van der Waals surface area contributed by atoms with Crippen molar-refractivity contribution in [1.29, 1.82) is 0 Å². The lowest BCUT2D eigenvalue weighted by Gasteiger charge is -2.14. The molecule has 0 aliphatic heterocycles. The van der Waals surface area contributed by atoms with Crippen LogP contribution in [0.15, 0.2) is 10.9 Å². The lowest BCUT2D eigenvalue weighted by Crippen LogP contribution is -2.27. The maximum atomic E-state index is 4.28. The summed E-state index contributed by atoms with van der Waals surface area (Å²) in [7, 11) is 0. The van der Waals surface area contributed by atoms with E-state index in [1.165, 1.54) is 44.2 Å². The van der Waals surface area contributed by atoms with Gasteiger partial charge in [-0.2, -0.15) is 0 Å². The second kappa shape index (κ2) is 5.47. The zero-order chi connectivity index (χ0) is 9.64. The van der Waals surface area contributed by atoms with Gasteiger partial charge in [0.1, 0.15) is 0 Å². The van der Waals surface area contributed by atoms with Gasteiger partial charge in [-0.1, -0.05) is 25.7 Å². The first-order valence-electron chi connectivity index (χ1n) is 5.55. The topological polar surface area (TPSA) is 24.9 Å². The van der Waals surface area contributed by atoms with Crippen LogP contribution >= 0.6 is 11.3 Å². The zero-order valence-electron chi connectivity index (χ0n) is 8.54. The number of rotatable bonds is 3. The van der Waals surface area contributed by atoms with Crippen molar-refractivity contribution in [3.63, 3.8) is 0 Å². The SMILES string of the molecule is c1nc(CNC2CCCCCC2)cs1. The van der Waals surface area contributed by atoms with Crippen molar-refractivity contribution in [2.24, 2.45) is 0 Å². The second-order valence-corrected chi connectivity index (χ2v) is 4.77. The van der Waals surface area contributed by atoms with Crippen LogP contribution in [0.1, 0.15) is 44.2 Å². The molecule has 3 heteroatoms. The minimum Gasteiger partial charge on any atom is -0.308 e. The zero-order valence-corrected chi connectivity index (χ0v) is 9.35. The lowest BCUT2D eigenvalue weighted by atomic mass is 10.1. The van der Waals surface area contributed by atoms with Gasteiger partial charge in [-0.05, 0) is 12.8 Å². The summed E-state index contributed by atoms with van der Waals surface area (Å²) in [5.41, 5.74) is 3.10. The highest BCUT2D eigenvalue weighted by Crippen LogP contribution is 2.17. The van der Waals surface area contributed by atoms with E-state index in [0.717, 1.165) is 12.6 Å². The van der Waals surface area contributed by atoms with Crippen molar-refractivity contribution in [1.82, 2.24) is 10.3 Å². The Morgan fingerprint density at radius 2 is 2.07 bits per heavy atom. The molecule has 0 spiro atoms. The fraction of sp³-hybridized carbons (Fsp3) is 0.727. The molecule has 0 radical (unpaired) electrons. The summed E-state index contributed by atoms with van der Waals surface area (Å²) in [6.07, 6.45) is 8.35. The maximum Gasteiger partial charge on any atom is 0.0795 e. The van der Waals surface area contributed by atoms with Gasteiger partial charge in [-0.15, -0.1) is 11.3 Å². The predicted molar refractivity (Wildman–Crippen MR) is 60.4 cm³/mol. The third-order valence-corrected chi connectivity index (χ3v) is 3.55. The van der Waals surface area contributed by atoms with Gasteiger partial charge >= 0.3 is 0 Å². The minimum absolute atomic E-state index is 0.735. The van der Waals surface area contributed by atoms with Crippen molar-refractivity contribution in [2.45, 2.75) is 51.1 Å². The Morgan fingerprint density at radius 3 is 2.71 bits per heavy atom. The Hall–Kier alpha value is -0.410. The molecule has 1 fully saturated rings. The summed E-state index contributed by atoms with van der Waals surface area (Å²) in [6, 6.07) is 0.735. The van der Waals surface area contributed by atoms with Crippen LogP contribution in [-0.4, -0.2) is 11.0 Å². The van der Waals surface area contributed by atoms with Gasteiger partial charge in [0, 0.05) is 18.0 Å². The molecule has 0 unspecified atom stereocenters. The van der Waals surface area contributed by atoms with Gasteiger partial charge in [0.05, 0.1) is 11.2 Å². The van der Waals surface area contributed by atoms with Crippen LogP contribution in [0, 0.1) is 0 Å². The van der Waals surface area contributed by atoms with E-state index >= 15 is 0 Å². The highest BCUT2D eigenvalue weighted by Gasteiger charge is 2.11. The van der Waals surface area contributed by atoms with Crippen LogP contribution in [0.25, 0.3) is 0 Å². The number of nitrogens with zero attached hydrogens (tertiary/aromatic N) is 1. The lowest BCUT2D eigenvalue weighted by molar-refractivity contribution is 0.457. The largest absolute Gasteiger partial charge is 0.308 e. The van der Waals surface area contributed by atoms with Crippen molar-refractivity contribution < 1.29 is 0 Å². The standard InChI is InChI=1S/C11H18N2S/c1-2-4-6-10(5-3-1)12-7-11-8-14-9-13-11/h8-10,12H,1-7H2. The normalized spacial score (nSPS) is 19.4. The third-order valence-electron chi connectivity index (χ3n) is 2.91. The van der Waals surface area contributed by atoms with Crippen molar-refractivity contribution in [2.75, 3.05) is 0 Å². The molecule has 0 saturated heterocycles. The van der Waals surface area contributed by atoms with Gasteiger partial charge in [-0.25, -0.2) is 4.98 Å². The molecule has 1 aliphatic rings. The highest BCUT2D eigenvalue weighted by molar-refractivity contribution is 7.07. The Labute approximate surface area is 89.8 Å².